The maximum atomic E-state index is 11.1. The molecule has 1 amide bonds. The lowest BCUT2D eigenvalue weighted by Crippen LogP contribution is -2.37. The third-order valence-electron chi connectivity index (χ3n) is 1.52. The average molecular weight is 173 g/mol. The van der Waals surface area contributed by atoms with Gasteiger partial charge in [0, 0.05) is 13.0 Å². The van der Waals surface area contributed by atoms with E-state index in [4.69, 9.17) is 10.9 Å². The van der Waals surface area contributed by atoms with Crippen molar-refractivity contribution in [1.82, 2.24) is 4.90 Å². The van der Waals surface area contributed by atoms with Gasteiger partial charge in [-0.05, 0) is 6.92 Å². The van der Waals surface area contributed by atoms with Gasteiger partial charge in [-0.15, -0.1) is 0 Å². The summed E-state index contributed by atoms with van der Waals surface area (Å²) in [7, 11) is 0. The van der Waals surface area contributed by atoms with E-state index in [1.165, 1.54) is 4.90 Å². The summed E-state index contributed by atoms with van der Waals surface area (Å²) >= 11 is 0. The van der Waals surface area contributed by atoms with Crippen LogP contribution in [-0.2, 0) is 4.79 Å². The van der Waals surface area contributed by atoms with Gasteiger partial charge in [0.2, 0.25) is 5.91 Å². The smallest absolute Gasteiger partial charge is 0.222 e. The maximum Gasteiger partial charge on any atom is 0.222 e. The van der Waals surface area contributed by atoms with Crippen LogP contribution >= 0.6 is 0 Å². The minimum Gasteiger partial charge on any atom is -0.409 e. The molecule has 12 heavy (non-hydrogen) atoms. The van der Waals surface area contributed by atoms with Crippen molar-refractivity contribution in [2.24, 2.45) is 10.9 Å². The van der Waals surface area contributed by atoms with Crippen molar-refractivity contribution in [1.29, 1.82) is 0 Å². The van der Waals surface area contributed by atoms with Crippen molar-refractivity contribution in [2.45, 2.75) is 20.3 Å². The summed E-state index contributed by atoms with van der Waals surface area (Å²) in [4.78, 5) is 12.7. The Hall–Kier alpha value is -1.26. The minimum absolute atomic E-state index is 0.00380. The van der Waals surface area contributed by atoms with E-state index in [0.29, 0.717) is 13.0 Å². The van der Waals surface area contributed by atoms with Gasteiger partial charge in [-0.25, -0.2) is 0 Å². The Labute approximate surface area is 71.8 Å². The summed E-state index contributed by atoms with van der Waals surface area (Å²) in [5.74, 6) is 0.0581. The van der Waals surface area contributed by atoms with Crippen molar-refractivity contribution >= 4 is 11.7 Å². The molecule has 5 heteroatoms. The van der Waals surface area contributed by atoms with Crippen molar-refractivity contribution < 1.29 is 10.0 Å². The quantitative estimate of drug-likeness (QED) is 0.271. The van der Waals surface area contributed by atoms with Crippen LogP contribution in [0.25, 0.3) is 0 Å². The number of hydrogen-bond acceptors (Lipinski definition) is 3. The molecular formula is C7H15N3O2. The first-order valence-corrected chi connectivity index (χ1v) is 3.89. The molecule has 0 aliphatic rings. The van der Waals surface area contributed by atoms with Crippen LogP contribution in [0.3, 0.4) is 0 Å². The van der Waals surface area contributed by atoms with Crippen LogP contribution < -0.4 is 5.73 Å². The lowest BCUT2D eigenvalue weighted by atomic mass is 10.3. The average Bonchev–Trinajstić information content (AvgIpc) is 2.12. The number of amides is 1. The zero-order chi connectivity index (χ0) is 9.56. The number of nitrogens with two attached hydrogens (primary N) is 1. The van der Waals surface area contributed by atoms with E-state index in [1.807, 2.05) is 6.92 Å². The van der Waals surface area contributed by atoms with E-state index in [2.05, 4.69) is 5.16 Å². The molecule has 5 nitrogen and oxygen atoms in total. The third kappa shape index (κ3) is 3.23. The Morgan fingerprint density at radius 3 is 2.50 bits per heavy atom. The molecule has 0 saturated carbocycles. The molecule has 3 N–H and O–H groups in total. The molecule has 0 radical (unpaired) electrons. The molecule has 0 aromatic carbocycles. The van der Waals surface area contributed by atoms with Crippen LogP contribution in [0.15, 0.2) is 5.16 Å². The van der Waals surface area contributed by atoms with Gasteiger partial charge >= 0.3 is 0 Å². The molecule has 0 unspecified atom stereocenters. The highest BCUT2D eigenvalue weighted by atomic mass is 16.4. The number of oxime groups is 1. The van der Waals surface area contributed by atoms with Crippen LogP contribution in [0.1, 0.15) is 20.3 Å². The topological polar surface area (TPSA) is 78.9 Å². The maximum absolute atomic E-state index is 11.1. The van der Waals surface area contributed by atoms with Gasteiger partial charge in [0.1, 0.15) is 0 Å². The van der Waals surface area contributed by atoms with Crippen molar-refractivity contribution in [2.75, 3.05) is 13.1 Å². The van der Waals surface area contributed by atoms with Gasteiger partial charge in [0.15, 0.2) is 5.84 Å². The van der Waals surface area contributed by atoms with E-state index < -0.39 is 0 Å². The van der Waals surface area contributed by atoms with E-state index in [9.17, 15) is 4.79 Å². The van der Waals surface area contributed by atoms with E-state index in [1.54, 1.807) is 6.92 Å². The Balaban J connectivity index is 4.08. The van der Waals surface area contributed by atoms with E-state index in [0.717, 1.165) is 0 Å². The Kier molecular flexibility index (Phi) is 4.83. The largest absolute Gasteiger partial charge is 0.409 e. The van der Waals surface area contributed by atoms with Crippen LogP contribution in [0, 0.1) is 0 Å². The number of nitrogens with zero attached hydrogens (tertiary/aromatic N) is 2. The molecule has 0 aliphatic carbocycles. The molecule has 0 rings (SSSR count). The first kappa shape index (κ1) is 10.7. The molecule has 0 fully saturated rings. The standard InChI is InChI=1S/C7H15N3O2/c1-3-7(11)10(4-2)5-6(8)9-12/h12H,3-5H2,1-2H3,(H2,8,9). The Bertz CT molecular complexity index is 179. The summed E-state index contributed by atoms with van der Waals surface area (Å²) in [6.07, 6.45) is 0.437. The van der Waals surface area contributed by atoms with E-state index >= 15 is 0 Å². The molecule has 0 aromatic heterocycles. The fraction of sp³-hybridized carbons (Fsp3) is 0.714. The minimum atomic E-state index is 0.00380. The number of amidine groups is 1. The molecule has 0 heterocycles. The first-order valence-electron chi connectivity index (χ1n) is 3.89. The van der Waals surface area contributed by atoms with Crippen molar-refractivity contribution in [3.8, 4) is 0 Å². The zero-order valence-corrected chi connectivity index (χ0v) is 7.45. The third-order valence-corrected chi connectivity index (χ3v) is 1.52. The van der Waals surface area contributed by atoms with Crippen LogP contribution in [-0.4, -0.2) is 34.9 Å². The first-order chi connectivity index (χ1) is 5.65. The van der Waals surface area contributed by atoms with Crippen molar-refractivity contribution in [3.05, 3.63) is 0 Å². The molecule has 70 valence electrons. The van der Waals surface area contributed by atoms with Gasteiger partial charge in [-0.2, -0.15) is 0 Å². The zero-order valence-electron chi connectivity index (χ0n) is 7.45. The molecule has 0 spiro atoms. The number of rotatable bonds is 4. The SMILES string of the molecule is CCC(=O)N(CC)CC(N)=NO. The summed E-state index contributed by atoms with van der Waals surface area (Å²) < 4.78 is 0. The Morgan fingerprint density at radius 2 is 2.17 bits per heavy atom. The fourth-order valence-corrected chi connectivity index (χ4v) is 0.827. The molecule has 0 atom stereocenters. The second-order valence-electron chi connectivity index (χ2n) is 2.35. The van der Waals surface area contributed by atoms with Crippen LogP contribution in [0.2, 0.25) is 0 Å². The van der Waals surface area contributed by atoms with Gasteiger partial charge in [0.05, 0.1) is 6.54 Å². The number of carbonyl (C=O) groups excluding carboxylic acids is 1. The highest BCUT2D eigenvalue weighted by Gasteiger charge is 2.10. The van der Waals surface area contributed by atoms with Gasteiger partial charge in [-0.1, -0.05) is 12.1 Å². The second kappa shape index (κ2) is 5.40. The summed E-state index contributed by atoms with van der Waals surface area (Å²) in [5, 5.41) is 11.1. The van der Waals surface area contributed by atoms with Crippen LogP contribution in [0.4, 0.5) is 0 Å². The van der Waals surface area contributed by atoms with Gasteiger partial charge in [-0.3, -0.25) is 4.79 Å². The van der Waals surface area contributed by atoms with Gasteiger partial charge < -0.3 is 15.8 Å². The summed E-state index contributed by atoms with van der Waals surface area (Å²) in [6, 6.07) is 0. The molecular weight excluding hydrogens is 158 g/mol. The second-order valence-corrected chi connectivity index (χ2v) is 2.35. The van der Waals surface area contributed by atoms with Crippen molar-refractivity contribution in [3.63, 3.8) is 0 Å². The van der Waals surface area contributed by atoms with Crippen LogP contribution in [0.5, 0.6) is 0 Å². The molecule has 0 aliphatic heterocycles. The lowest BCUT2D eigenvalue weighted by molar-refractivity contribution is -0.129. The molecule has 0 aromatic rings. The number of hydrogen-bond donors (Lipinski definition) is 2. The summed E-state index contributed by atoms with van der Waals surface area (Å²) in [5.41, 5.74) is 5.25. The van der Waals surface area contributed by atoms with Gasteiger partial charge in [0.25, 0.3) is 0 Å². The fourth-order valence-electron chi connectivity index (χ4n) is 0.827. The number of likely N-dealkylation sites (N-methyl/N-ethyl adjacent to an activating group) is 1. The summed E-state index contributed by atoms with van der Waals surface area (Å²) in [6.45, 7) is 4.39. The van der Waals surface area contributed by atoms with E-state index in [-0.39, 0.29) is 18.3 Å². The molecule has 0 bridgehead atoms. The molecule has 0 saturated heterocycles. The predicted molar refractivity (Wildman–Crippen MR) is 46.0 cm³/mol. The lowest BCUT2D eigenvalue weighted by Gasteiger charge is -2.18. The Morgan fingerprint density at radius 1 is 1.58 bits per heavy atom. The monoisotopic (exact) mass is 173 g/mol. The highest BCUT2D eigenvalue weighted by molar-refractivity contribution is 5.86. The predicted octanol–water partition coefficient (Wildman–Crippen LogP) is -0.00870. The normalized spacial score (nSPS) is 11.3. The highest BCUT2D eigenvalue weighted by Crippen LogP contribution is 1.92. The number of carbonyl (C=O) groups is 1.